The maximum atomic E-state index is 12.9. The lowest BCUT2D eigenvalue weighted by molar-refractivity contribution is 0.0844. The van der Waals surface area contributed by atoms with Gasteiger partial charge in [0, 0.05) is 23.0 Å². The van der Waals surface area contributed by atoms with Crippen molar-refractivity contribution in [3.63, 3.8) is 0 Å². The van der Waals surface area contributed by atoms with Crippen LogP contribution in [0.1, 0.15) is 65.3 Å². The van der Waals surface area contributed by atoms with E-state index in [1.807, 2.05) is 77.4 Å². The van der Waals surface area contributed by atoms with Crippen molar-refractivity contribution < 1.29 is 9.59 Å². The molecule has 0 saturated heterocycles. The van der Waals surface area contributed by atoms with Crippen LogP contribution < -0.4 is 0 Å². The molecule has 0 bridgehead atoms. The second kappa shape index (κ2) is 5.75. The van der Waals surface area contributed by atoms with Gasteiger partial charge >= 0.3 is 0 Å². The van der Waals surface area contributed by atoms with E-state index >= 15 is 0 Å². The van der Waals surface area contributed by atoms with Gasteiger partial charge < -0.3 is 4.57 Å². The van der Waals surface area contributed by atoms with Crippen LogP contribution in [0.4, 0.5) is 0 Å². The van der Waals surface area contributed by atoms with Crippen molar-refractivity contribution in [2.24, 2.45) is 12.5 Å². The molecule has 2 rings (SSSR count). The zero-order chi connectivity index (χ0) is 17.6. The molecule has 0 amide bonds. The minimum Gasteiger partial charge on any atom is -0.344 e. The molecule has 4 heteroatoms. The molecule has 3 nitrogen and oxygen atoms in total. The maximum Gasteiger partial charge on any atom is 0.184 e. The summed E-state index contributed by atoms with van der Waals surface area (Å²) >= 11 is 1.51. The summed E-state index contributed by atoms with van der Waals surface area (Å²) in [5, 5.41) is 0. The second-order valence-corrected chi connectivity index (χ2v) is 8.89. The summed E-state index contributed by atoms with van der Waals surface area (Å²) < 4.78 is 1.87. The van der Waals surface area contributed by atoms with Gasteiger partial charge in [0.15, 0.2) is 11.6 Å². The number of ketones is 2. The quantitative estimate of drug-likeness (QED) is 0.756. The Bertz CT molecular complexity index is 757. The van der Waals surface area contributed by atoms with Crippen molar-refractivity contribution in [2.45, 2.75) is 47.0 Å². The van der Waals surface area contributed by atoms with Crippen LogP contribution in [0.15, 0.2) is 24.3 Å². The monoisotopic (exact) mass is 331 g/mol. The van der Waals surface area contributed by atoms with Crippen molar-refractivity contribution in [3.05, 3.63) is 45.4 Å². The predicted molar refractivity (Wildman–Crippen MR) is 95.6 cm³/mol. The molecule has 0 aliphatic carbocycles. The molecule has 0 aliphatic heterocycles. The van der Waals surface area contributed by atoms with Crippen molar-refractivity contribution in [1.82, 2.24) is 4.57 Å². The van der Waals surface area contributed by atoms with Crippen LogP contribution in [0.3, 0.4) is 0 Å². The summed E-state index contributed by atoms with van der Waals surface area (Å²) in [4.78, 5) is 27.4. The first-order valence-corrected chi connectivity index (χ1v) is 8.60. The number of nitrogens with zero attached hydrogens (tertiary/aromatic N) is 1. The minimum absolute atomic E-state index is 0.0847. The van der Waals surface area contributed by atoms with E-state index in [1.54, 1.807) is 0 Å². The highest BCUT2D eigenvalue weighted by Gasteiger charge is 2.35. The normalized spacial score (nSPS) is 12.5. The Morgan fingerprint density at radius 3 is 2.04 bits per heavy atom. The number of Topliss-reactive ketones (excluding diaryl/α,β-unsaturated/α-hetero) is 2. The molecule has 2 aromatic heterocycles. The number of hydrogen-bond acceptors (Lipinski definition) is 3. The lowest BCUT2D eigenvalue weighted by Crippen LogP contribution is -2.32. The molecule has 0 radical (unpaired) electrons. The van der Waals surface area contributed by atoms with Gasteiger partial charge in [0.05, 0.1) is 16.0 Å². The third-order valence-corrected chi connectivity index (χ3v) is 5.21. The lowest BCUT2D eigenvalue weighted by Gasteiger charge is -2.25. The van der Waals surface area contributed by atoms with Crippen LogP contribution in [0.25, 0.3) is 0 Å². The average molecular weight is 331 g/mol. The molecule has 0 atom stereocenters. The van der Waals surface area contributed by atoms with Gasteiger partial charge in [-0.25, -0.2) is 0 Å². The zero-order valence-electron chi connectivity index (χ0n) is 15.0. The first-order valence-electron chi connectivity index (χ1n) is 7.78. The Kier molecular flexibility index (Phi) is 4.42. The summed E-state index contributed by atoms with van der Waals surface area (Å²) in [6.07, 6.45) is 0. The molecule has 2 heterocycles. The molecule has 2 aromatic rings. The van der Waals surface area contributed by atoms with E-state index < -0.39 is 10.8 Å². The van der Waals surface area contributed by atoms with Gasteiger partial charge in [-0.1, -0.05) is 20.8 Å². The molecule has 0 aromatic carbocycles. The fourth-order valence-electron chi connectivity index (χ4n) is 2.73. The van der Waals surface area contributed by atoms with Crippen molar-refractivity contribution >= 4 is 22.9 Å². The highest BCUT2D eigenvalue weighted by Crippen LogP contribution is 2.32. The van der Waals surface area contributed by atoms with Crippen molar-refractivity contribution in [1.29, 1.82) is 0 Å². The molecule has 0 unspecified atom stereocenters. The number of aryl methyl sites for hydroxylation is 1. The summed E-state index contributed by atoms with van der Waals surface area (Å²) in [5.41, 5.74) is 0.391. The van der Waals surface area contributed by atoms with E-state index in [0.29, 0.717) is 5.69 Å². The number of rotatable bonds is 4. The highest BCUT2D eigenvalue weighted by atomic mass is 32.1. The lowest BCUT2D eigenvalue weighted by atomic mass is 9.83. The van der Waals surface area contributed by atoms with Gasteiger partial charge in [0.1, 0.15) is 0 Å². The molecule has 124 valence electrons. The summed E-state index contributed by atoms with van der Waals surface area (Å²) in [5.74, 6) is 0.174. The SMILES string of the molecule is Cc1ccc(C(=O)C(C)(C)c2ccc(C(=O)C(C)(C)C)n2C)s1. The van der Waals surface area contributed by atoms with Gasteiger partial charge in [-0.3, -0.25) is 9.59 Å². The first kappa shape index (κ1) is 17.7. The van der Waals surface area contributed by atoms with Gasteiger partial charge in [-0.15, -0.1) is 11.3 Å². The van der Waals surface area contributed by atoms with Crippen molar-refractivity contribution in [3.8, 4) is 0 Å². The van der Waals surface area contributed by atoms with Crippen LogP contribution in [-0.4, -0.2) is 16.1 Å². The van der Waals surface area contributed by atoms with E-state index in [9.17, 15) is 9.59 Å². The van der Waals surface area contributed by atoms with E-state index in [4.69, 9.17) is 0 Å². The van der Waals surface area contributed by atoms with Crippen LogP contribution in [0.2, 0.25) is 0 Å². The molecule has 0 spiro atoms. The van der Waals surface area contributed by atoms with E-state index in [2.05, 4.69) is 0 Å². The molecule has 0 fully saturated rings. The van der Waals surface area contributed by atoms with Gasteiger partial charge in [-0.2, -0.15) is 0 Å². The molecular formula is C19H25NO2S. The van der Waals surface area contributed by atoms with Crippen LogP contribution >= 0.6 is 11.3 Å². The summed E-state index contributed by atoms with van der Waals surface area (Å²) in [7, 11) is 1.86. The predicted octanol–water partition coefficient (Wildman–Crippen LogP) is 4.78. The topological polar surface area (TPSA) is 39.1 Å². The first-order chi connectivity index (χ1) is 10.5. The number of aromatic nitrogens is 1. The summed E-state index contributed by atoms with van der Waals surface area (Å²) in [6.45, 7) is 11.6. The standard InChI is InChI=1S/C19H25NO2S/c1-12-8-10-14(23-12)17(22)19(5,6)15-11-9-13(20(15)7)16(21)18(2,3)4/h8-11H,1-7H3. The van der Waals surface area contributed by atoms with Crippen LogP contribution in [-0.2, 0) is 12.5 Å². The van der Waals surface area contributed by atoms with Crippen LogP contribution in [0, 0.1) is 12.3 Å². The Morgan fingerprint density at radius 1 is 0.957 bits per heavy atom. The number of thiophene rings is 1. The highest BCUT2D eigenvalue weighted by molar-refractivity contribution is 7.14. The van der Waals surface area contributed by atoms with Crippen LogP contribution in [0.5, 0.6) is 0 Å². The Balaban J connectivity index is 2.44. The summed E-state index contributed by atoms with van der Waals surface area (Å²) in [6, 6.07) is 7.58. The third-order valence-electron chi connectivity index (χ3n) is 4.21. The largest absolute Gasteiger partial charge is 0.344 e. The zero-order valence-corrected chi connectivity index (χ0v) is 15.8. The number of hydrogen-bond donors (Lipinski definition) is 0. The number of carbonyl (C=O) groups is 2. The third kappa shape index (κ3) is 3.18. The Labute approximate surface area is 142 Å². The van der Waals surface area contributed by atoms with Gasteiger partial charge in [0.2, 0.25) is 0 Å². The van der Waals surface area contributed by atoms with E-state index in [-0.39, 0.29) is 11.6 Å². The average Bonchev–Trinajstić information content (AvgIpc) is 3.02. The van der Waals surface area contributed by atoms with Gasteiger partial charge in [0.25, 0.3) is 0 Å². The molecule has 23 heavy (non-hydrogen) atoms. The second-order valence-electron chi connectivity index (χ2n) is 7.61. The van der Waals surface area contributed by atoms with Crippen molar-refractivity contribution in [2.75, 3.05) is 0 Å². The molecule has 0 saturated carbocycles. The fraction of sp³-hybridized carbons (Fsp3) is 0.474. The van der Waals surface area contributed by atoms with E-state index in [0.717, 1.165) is 15.4 Å². The smallest absolute Gasteiger partial charge is 0.184 e. The maximum absolute atomic E-state index is 12.9. The molecule has 0 aliphatic rings. The number of carbonyl (C=O) groups excluding carboxylic acids is 2. The molecular weight excluding hydrogens is 306 g/mol. The Morgan fingerprint density at radius 2 is 1.57 bits per heavy atom. The minimum atomic E-state index is -0.678. The molecule has 0 N–H and O–H groups in total. The van der Waals surface area contributed by atoms with Gasteiger partial charge in [-0.05, 0) is 45.0 Å². The van der Waals surface area contributed by atoms with E-state index in [1.165, 1.54) is 11.3 Å². The fourth-order valence-corrected chi connectivity index (χ4v) is 3.70. The Hall–Kier alpha value is -1.68.